The Hall–Kier alpha value is -3.94. The summed E-state index contributed by atoms with van der Waals surface area (Å²) in [5.74, 6) is 0. The van der Waals surface area contributed by atoms with E-state index < -0.39 is 15.8 Å². The van der Waals surface area contributed by atoms with Crippen molar-refractivity contribution in [2.24, 2.45) is 0 Å². The van der Waals surface area contributed by atoms with Crippen LogP contribution >= 0.6 is 26.0 Å². The van der Waals surface area contributed by atoms with E-state index in [1.165, 1.54) is 45.7 Å². The molecule has 0 amide bonds. The summed E-state index contributed by atoms with van der Waals surface area (Å²) in [4.78, 5) is 19.5. The first-order valence-electron chi connectivity index (χ1n) is 15.2. The molecule has 0 bridgehead atoms. The molecule has 0 aromatic heterocycles. The summed E-state index contributed by atoms with van der Waals surface area (Å²) in [6, 6.07) is 65.0. The zero-order chi connectivity index (χ0) is 34.4. The molecule has 0 aliphatic rings. The molecule has 0 radical (unpaired) electrons. The standard InChI is InChI=1S/2C18H15P.C6H6O2.ClH.Co/c2*1-4-10-16(11-5-1)19(17-12-6-2-7-13-17)18-14-8-3-9-15-18;1-5(3-7)6(2)4-8;;/h2*1-15H;1-2H3;1H;/q;;-2;;+3/p+1. The third-order valence-corrected chi connectivity index (χ3v) is 12.7. The molecule has 0 N–H and O–H groups in total. The van der Waals surface area contributed by atoms with Crippen molar-refractivity contribution in [1.29, 1.82) is 0 Å². The van der Waals surface area contributed by atoms with Gasteiger partial charge in [-0.25, -0.2) is 0 Å². The average molecular weight is 731 g/mol. The molecule has 0 aliphatic heterocycles. The van der Waals surface area contributed by atoms with E-state index in [0.29, 0.717) is 11.1 Å². The summed E-state index contributed by atoms with van der Waals surface area (Å²) < 4.78 is 0. The van der Waals surface area contributed by atoms with Gasteiger partial charge in [0.1, 0.15) is 31.8 Å². The van der Waals surface area contributed by atoms with Gasteiger partial charge in [0, 0.05) is 0 Å². The molecule has 2 nitrogen and oxygen atoms in total. The van der Waals surface area contributed by atoms with Gasteiger partial charge in [0.2, 0.25) is 0 Å². The topological polar surface area (TPSA) is 34.1 Å². The molecule has 48 heavy (non-hydrogen) atoms. The summed E-state index contributed by atoms with van der Waals surface area (Å²) in [6.45, 7) is 3.04. The van der Waals surface area contributed by atoms with Crippen LogP contribution in [0.3, 0.4) is 0 Å². The monoisotopic (exact) mass is 730 g/mol. The van der Waals surface area contributed by atoms with Crippen LogP contribution in [0.15, 0.2) is 193 Å². The van der Waals surface area contributed by atoms with E-state index in [4.69, 9.17) is 0 Å². The van der Waals surface area contributed by atoms with Gasteiger partial charge < -0.3 is 20.7 Å². The van der Waals surface area contributed by atoms with Crippen LogP contribution in [0.5, 0.6) is 0 Å². The Balaban J connectivity index is 0.000000206. The first kappa shape index (κ1) is 38.5. The van der Waals surface area contributed by atoms with Crippen LogP contribution in [0.1, 0.15) is 13.8 Å². The second-order valence-corrected chi connectivity index (χ2v) is 15.4. The van der Waals surface area contributed by atoms with Crippen molar-refractivity contribution >= 4 is 70.4 Å². The van der Waals surface area contributed by atoms with Crippen molar-refractivity contribution < 1.29 is 24.4 Å². The van der Waals surface area contributed by atoms with Crippen molar-refractivity contribution in [3.05, 3.63) is 193 Å². The van der Waals surface area contributed by atoms with E-state index in [9.17, 15) is 9.59 Å². The summed E-state index contributed by atoms with van der Waals surface area (Å²) in [7, 11) is 2.57. The van der Waals surface area contributed by atoms with E-state index >= 15 is 0 Å². The van der Waals surface area contributed by atoms with Gasteiger partial charge >= 0.3 is 25.0 Å². The van der Waals surface area contributed by atoms with Crippen LogP contribution in [0.4, 0.5) is 0 Å². The van der Waals surface area contributed by atoms with Crippen molar-refractivity contribution in [3.8, 4) is 0 Å². The van der Waals surface area contributed by atoms with Gasteiger partial charge in [-0.1, -0.05) is 109 Å². The van der Waals surface area contributed by atoms with Crippen molar-refractivity contribution in [3.63, 3.8) is 0 Å². The van der Waals surface area contributed by atoms with Crippen LogP contribution in [0, 0.1) is 0 Å². The molecule has 6 aromatic carbocycles. The second-order valence-electron chi connectivity index (χ2n) is 10.4. The Bertz CT molecular complexity index is 1450. The average Bonchev–Trinajstić information content (AvgIpc) is 3.18. The Labute approximate surface area is 300 Å². The quantitative estimate of drug-likeness (QED) is 0.0920. The molecule has 242 valence electrons. The predicted octanol–water partition coefficient (Wildman–Crippen LogP) is 7.58. The van der Waals surface area contributed by atoms with Gasteiger partial charge in [-0.15, -0.1) is 26.4 Å². The molecule has 0 saturated heterocycles. The summed E-state index contributed by atoms with van der Waals surface area (Å²) in [5.41, 5.74) is 0.639. The molecular formula is C42H38ClCoO2P2+2. The molecule has 6 aromatic rings. The van der Waals surface area contributed by atoms with Crippen LogP contribution in [-0.4, -0.2) is 12.6 Å². The molecule has 0 heterocycles. The molecule has 0 atom stereocenters. The molecular weight excluding hydrogens is 693 g/mol. The fourth-order valence-electron chi connectivity index (χ4n) is 4.78. The smallest absolute Gasteiger partial charge is 0.0620 e. The number of allylic oxidation sites excluding steroid dienone is 2. The Morgan fingerprint density at radius 1 is 0.375 bits per heavy atom. The fourth-order valence-corrected chi connectivity index (χ4v) is 9.94. The van der Waals surface area contributed by atoms with E-state index in [-0.39, 0.29) is 0 Å². The maximum absolute atomic E-state index is 9.74. The van der Waals surface area contributed by atoms with Crippen LogP contribution in [0.25, 0.3) is 0 Å². The van der Waals surface area contributed by atoms with E-state index in [1.807, 2.05) is 0 Å². The third-order valence-electron chi connectivity index (χ3n) is 7.24. The molecule has 0 spiro atoms. The molecule has 0 aliphatic carbocycles. The minimum atomic E-state index is -0.877. The zero-order valence-corrected chi connectivity index (χ0v) is 30.6. The maximum Gasteiger partial charge on any atom is 0.102 e. The number of hydrogen-bond donors (Lipinski definition) is 0. The zero-order valence-electron chi connectivity index (χ0n) is 26.8. The minimum absolute atomic E-state index is 0.319. The molecule has 0 fully saturated rings. The normalized spacial score (nSPS) is 10.5. The summed E-state index contributed by atoms with van der Waals surface area (Å²) in [5, 5.41) is 8.61. The molecule has 6 rings (SSSR count). The van der Waals surface area contributed by atoms with E-state index in [1.54, 1.807) is 12.6 Å². The largest absolute Gasteiger partial charge is 0.102 e. The Morgan fingerprint density at radius 2 is 0.521 bits per heavy atom. The van der Waals surface area contributed by atoms with E-state index in [0.717, 1.165) is 0 Å². The van der Waals surface area contributed by atoms with Gasteiger partial charge in [-0.05, 0) is 72.8 Å². The van der Waals surface area contributed by atoms with Crippen molar-refractivity contribution in [1.82, 2.24) is 0 Å². The van der Waals surface area contributed by atoms with Gasteiger partial charge in [0.25, 0.3) is 0 Å². The van der Waals surface area contributed by atoms with Crippen molar-refractivity contribution in [2.45, 2.75) is 13.8 Å². The minimum Gasteiger partial charge on any atom is -0.0620 e. The summed E-state index contributed by atoms with van der Waals surface area (Å²) >= 11 is 3.03. The van der Waals surface area contributed by atoms with Gasteiger partial charge in [-0.3, -0.25) is 0 Å². The SMILES string of the molecule is CC([C-]=O)=C(C)[C-]=O.[Cl][Co+2].c1ccc([PH+](c2ccccc2)c2ccccc2)cc1.c1ccc([PH+](c2ccccc2)c2ccccc2)cc1. The second kappa shape index (κ2) is 22.6. The predicted molar refractivity (Wildman–Crippen MR) is 209 cm³/mol. The van der Waals surface area contributed by atoms with Gasteiger partial charge in [0.05, 0.1) is 15.8 Å². The van der Waals surface area contributed by atoms with E-state index in [2.05, 4.69) is 207 Å². The number of halogens is 1. The number of rotatable bonds is 8. The molecule has 0 saturated carbocycles. The summed E-state index contributed by atoms with van der Waals surface area (Å²) in [6.07, 6.45) is 3.17. The number of carbonyl (C=O) groups excluding carboxylic acids is 2. The Morgan fingerprint density at radius 3 is 0.646 bits per heavy atom. The first-order valence-corrected chi connectivity index (χ1v) is 19.7. The van der Waals surface area contributed by atoms with Crippen molar-refractivity contribution in [2.75, 3.05) is 0 Å². The molecule has 0 unspecified atom stereocenters. The first-order chi connectivity index (χ1) is 23.6. The fraction of sp³-hybridized carbons (Fsp3) is 0.0476. The van der Waals surface area contributed by atoms with Crippen LogP contribution in [0.2, 0.25) is 0 Å². The maximum atomic E-state index is 9.74. The van der Waals surface area contributed by atoms with Crippen LogP contribution in [-0.2, 0) is 24.4 Å². The van der Waals surface area contributed by atoms with Gasteiger partial charge in [-0.2, -0.15) is 0 Å². The number of benzene rings is 6. The van der Waals surface area contributed by atoms with Crippen LogP contribution < -0.4 is 31.8 Å². The third kappa shape index (κ3) is 12.3. The number of hydrogen-bond acceptors (Lipinski definition) is 2. The molecule has 6 heteroatoms. The van der Waals surface area contributed by atoms with Gasteiger partial charge in [0.15, 0.2) is 0 Å². The Kier molecular flexibility index (Phi) is 18.1.